The third kappa shape index (κ3) is 4.73. The van der Waals surface area contributed by atoms with Gasteiger partial charge in [0, 0.05) is 11.7 Å². The highest BCUT2D eigenvalue weighted by Crippen LogP contribution is 2.11. The van der Waals surface area contributed by atoms with Crippen molar-refractivity contribution in [1.29, 1.82) is 5.26 Å². The third-order valence-corrected chi connectivity index (χ3v) is 3.19. The van der Waals surface area contributed by atoms with E-state index in [1.165, 1.54) is 5.56 Å². The summed E-state index contributed by atoms with van der Waals surface area (Å²) in [5, 5.41) is 16.7. The summed E-state index contributed by atoms with van der Waals surface area (Å²) in [5.41, 5.74) is 3.05. The molecule has 0 amide bonds. The van der Waals surface area contributed by atoms with Crippen LogP contribution in [0.5, 0.6) is 0 Å². The molecule has 110 valence electrons. The molecule has 0 aliphatic rings. The van der Waals surface area contributed by atoms with Gasteiger partial charge in [0.25, 0.3) is 0 Å². The molecule has 1 aromatic carbocycles. The van der Waals surface area contributed by atoms with Crippen LogP contribution in [0.15, 0.2) is 36.7 Å². The molecule has 1 heterocycles. The average Bonchev–Trinajstić information content (AvgIpc) is 2.91. The first-order valence-electron chi connectivity index (χ1n) is 7.27. The van der Waals surface area contributed by atoms with Gasteiger partial charge >= 0.3 is 0 Å². The molecule has 0 saturated heterocycles. The Labute approximate surface area is 126 Å². The predicted molar refractivity (Wildman–Crippen MR) is 84.4 cm³/mol. The summed E-state index contributed by atoms with van der Waals surface area (Å²) in [4.78, 5) is 0. The maximum atomic E-state index is 8.80. The second-order valence-electron chi connectivity index (χ2n) is 6.23. The lowest BCUT2D eigenvalue weighted by Gasteiger charge is -2.20. The van der Waals surface area contributed by atoms with Crippen LogP contribution in [0, 0.1) is 11.3 Å². The maximum absolute atomic E-state index is 8.80. The van der Waals surface area contributed by atoms with Gasteiger partial charge in [-0.3, -0.25) is 0 Å². The molecule has 4 heteroatoms. The highest BCUT2D eigenvalue weighted by molar-refractivity contribution is 5.39. The normalized spacial score (nSPS) is 11.3. The summed E-state index contributed by atoms with van der Waals surface area (Å²) in [6.07, 6.45) is 6.07. The van der Waals surface area contributed by atoms with Gasteiger partial charge in [0.05, 0.1) is 23.5 Å². The Kier molecular flexibility index (Phi) is 4.77. The van der Waals surface area contributed by atoms with E-state index in [2.05, 4.69) is 43.5 Å². The van der Waals surface area contributed by atoms with Crippen molar-refractivity contribution >= 4 is 0 Å². The van der Waals surface area contributed by atoms with Gasteiger partial charge in [-0.05, 0) is 70.0 Å². The van der Waals surface area contributed by atoms with E-state index in [1.807, 2.05) is 35.1 Å². The first kappa shape index (κ1) is 15.3. The Hall–Kier alpha value is -2.12. The first-order valence-corrected chi connectivity index (χ1v) is 7.27. The minimum Gasteiger partial charge on any atom is -0.312 e. The number of hydrogen-bond donors (Lipinski definition) is 1. The minimum absolute atomic E-state index is 0.173. The summed E-state index contributed by atoms with van der Waals surface area (Å²) in [6.45, 7) is 7.54. The number of nitriles is 1. The van der Waals surface area contributed by atoms with E-state index in [1.54, 1.807) is 0 Å². The Morgan fingerprint density at radius 3 is 2.57 bits per heavy atom. The molecule has 21 heavy (non-hydrogen) atoms. The summed E-state index contributed by atoms with van der Waals surface area (Å²) >= 11 is 0. The first-order chi connectivity index (χ1) is 9.98. The summed E-state index contributed by atoms with van der Waals surface area (Å²) in [7, 11) is 0. The maximum Gasteiger partial charge on any atom is 0.0991 e. The molecule has 0 spiro atoms. The number of hydrogen-bond acceptors (Lipinski definition) is 3. The van der Waals surface area contributed by atoms with Crippen LogP contribution in [0.2, 0.25) is 0 Å². The van der Waals surface area contributed by atoms with Gasteiger partial charge in [0.1, 0.15) is 0 Å². The quantitative estimate of drug-likeness (QED) is 0.857. The van der Waals surface area contributed by atoms with Gasteiger partial charge in [-0.15, -0.1) is 0 Å². The summed E-state index contributed by atoms with van der Waals surface area (Å²) in [6, 6.07) is 9.57. The Bertz CT molecular complexity index is 611. The predicted octanol–water partition coefficient (Wildman–Crippen LogP) is 3.06. The SMILES string of the molecule is CC(C)(C)NCCCc1cnn(-c2ccc(C#N)cc2)c1. The van der Waals surface area contributed by atoms with Crippen molar-refractivity contribution in [3.05, 3.63) is 47.8 Å². The zero-order valence-electron chi connectivity index (χ0n) is 12.9. The van der Waals surface area contributed by atoms with E-state index < -0.39 is 0 Å². The van der Waals surface area contributed by atoms with Crippen molar-refractivity contribution in [1.82, 2.24) is 15.1 Å². The van der Waals surface area contributed by atoms with Crippen molar-refractivity contribution in [3.63, 3.8) is 0 Å². The Morgan fingerprint density at radius 2 is 1.95 bits per heavy atom. The number of aryl methyl sites for hydroxylation is 1. The molecule has 0 aliphatic carbocycles. The van der Waals surface area contributed by atoms with Crippen LogP contribution >= 0.6 is 0 Å². The van der Waals surface area contributed by atoms with Crippen molar-refractivity contribution in [3.8, 4) is 11.8 Å². The molecule has 0 unspecified atom stereocenters. The van der Waals surface area contributed by atoms with Crippen LogP contribution in [-0.4, -0.2) is 21.9 Å². The van der Waals surface area contributed by atoms with E-state index in [0.717, 1.165) is 25.1 Å². The van der Waals surface area contributed by atoms with E-state index in [4.69, 9.17) is 5.26 Å². The lowest BCUT2D eigenvalue weighted by Crippen LogP contribution is -2.36. The van der Waals surface area contributed by atoms with E-state index in [-0.39, 0.29) is 5.54 Å². The lowest BCUT2D eigenvalue weighted by atomic mass is 10.1. The van der Waals surface area contributed by atoms with E-state index in [0.29, 0.717) is 5.56 Å². The zero-order chi connectivity index (χ0) is 15.3. The largest absolute Gasteiger partial charge is 0.312 e. The fourth-order valence-electron chi connectivity index (χ4n) is 2.07. The molecular weight excluding hydrogens is 260 g/mol. The number of aromatic nitrogens is 2. The zero-order valence-corrected chi connectivity index (χ0v) is 12.9. The van der Waals surface area contributed by atoms with Gasteiger partial charge in [0.2, 0.25) is 0 Å². The second-order valence-corrected chi connectivity index (χ2v) is 6.23. The van der Waals surface area contributed by atoms with Gasteiger partial charge in [-0.2, -0.15) is 10.4 Å². The number of benzene rings is 1. The molecule has 0 fully saturated rings. The van der Waals surface area contributed by atoms with Crippen LogP contribution in [0.3, 0.4) is 0 Å². The van der Waals surface area contributed by atoms with Crippen LogP contribution in [-0.2, 0) is 6.42 Å². The third-order valence-electron chi connectivity index (χ3n) is 3.19. The Morgan fingerprint density at radius 1 is 1.24 bits per heavy atom. The second kappa shape index (κ2) is 6.55. The van der Waals surface area contributed by atoms with Crippen molar-refractivity contribution < 1.29 is 0 Å². The topological polar surface area (TPSA) is 53.6 Å². The molecule has 2 aromatic rings. The van der Waals surface area contributed by atoms with Gasteiger partial charge < -0.3 is 5.32 Å². The fraction of sp³-hybridized carbons (Fsp3) is 0.412. The summed E-state index contributed by atoms with van der Waals surface area (Å²) < 4.78 is 1.85. The molecule has 1 aromatic heterocycles. The molecule has 2 rings (SSSR count). The highest BCUT2D eigenvalue weighted by Gasteiger charge is 2.07. The Balaban J connectivity index is 1.90. The number of nitrogens with zero attached hydrogens (tertiary/aromatic N) is 3. The molecule has 4 nitrogen and oxygen atoms in total. The van der Waals surface area contributed by atoms with Crippen molar-refractivity contribution in [2.24, 2.45) is 0 Å². The van der Waals surface area contributed by atoms with Crippen molar-refractivity contribution in [2.45, 2.75) is 39.2 Å². The lowest BCUT2D eigenvalue weighted by molar-refractivity contribution is 0.422. The molecule has 0 radical (unpaired) electrons. The van der Waals surface area contributed by atoms with Crippen LogP contribution in [0.25, 0.3) is 5.69 Å². The molecule has 0 atom stereocenters. The smallest absolute Gasteiger partial charge is 0.0991 e. The van der Waals surface area contributed by atoms with Crippen LogP contribution in [0.1, 0.15) is 38.3 Å². The van der Waals surface area contributed by atoms with Gasteiger partial charge in [0.15, 0.2) is 0 Å². The van der Waals surface area contributed by atoms with Crippen LogP contribution < -0.4 is 5.32 Å². The van der Waals surface area contributed by atoms with Crippen molar-refractivity contribution in [2.75, 3.05) is 6.54 Å². The minimum atomic E-state index is 0.173. The fourth-order valence-corrected chi connectivity index (χ4v) is 2.07. The standard InChI is InChI=1S/C17H22N4/c1-17(2,3)19-10-4-5-15-12-20-21(13-15)16-8-6-14(11-18)7-9-16/h6-9,12-13,19H,4-5,10H2,1-3H3. The van der Waals surface area contributed by atoms with E-state index >= 15 is 0 Å². The summed E-state index contributed by atoms with van der Waals surface area (Å²) in [5.74, 6) is 0. The highest BCUT2D eigenvalue weighted by atomic mass is 15.3. The number of rotatable bonds is 5. The molecule has 0 bridgehead atoms. The van der Waals surface area contributed by atoms with Gasteiger partial charge in [-0.25, -0.2) is 4.68 Å². The molecule has 1 N–H and O–H groups in total. The van der Waals surface area contributed by atoms with Gasteiger partial charge in [-0.1, -0.05) is 0 Å². The molecule has 0 aliphatic heterocycles. The molecular formula is C17H22N4. The number of nitrogens with one attached hydrogen (secondary N) is 1. The molecule has 0 saturated carbocycles. The average molecular weight is 282 g/mol. The van der Waals surface area contributed by atoms with E-state index in [9.17, 15) is 0 Å². The van der Waals surface area contributed by atoms with Crippen LogP contribution in [0.4, 0.5) is 0 Å². The monoisotopic (exact) mass is 282 g/mol.